The van der Waals surface area contributed by atoms with E-state index < -0.39 is 11.6 Å². The van der Waals surface area contributed by atoms with Crippen LogP contribution in [0.4, 0.5) is 31.8 Å². The lowest BCUT2D eigenvalue weighted by atomic mass is 10.1. The van der Waals surface area contributed by atoms with Gasteiger partial charge in [-0.05, 0) is 25.0 Å². The molecule has 5 nitrogen and oxygen atoms in total. The summed E-state index contributed by atoms with van der Waals surface area (Å²) in [6.45, 7) is 0. The first-order valence-corrected chi connectivity index (χ1v) is 8.22. The minimum atomic E-state index is -0.703. The molecule has 2 aromatic rings. The van der Waals surface area contributed by atoms with E-state index in [1.165, 1.54) is 44.1 Å². The van der Waals surface area contributed by atoms with Gasteiger partial charge >= 0.3 is 0 Å². The zero-order valence-corrected chi connectivity index (χ0v) is 13.4. The van der Waals surface area contributed by atoms with E-state index in [-0.39, 0.29) is 5.69 Å². The number of rotatable bonds is 4. The van der Waals surface area contributed by atoms with Gasteiger partial charge in [-0.2, -0.15) is 0 Å². The Bertz CT molecular complexity index is 699. The number of nitrogen functional groups attached to an aromatic ring is 1. The van der Waals surface area contributed by atoms with Crippen molar-refractivity contribution in [3.63, 3.8) is 0 Å². The van der Waals surface area contributed by atoms with Crippen LogP contribution in [0.15, 0.2) is 24.5 Å². The van der Waals surface area contributed by atoms with Gasteiger partial charge in [0.1, 0.15) is 23.6 Å². The Balaban J connectivity index is 1.77. The molecule has 1 aromatic heterocycles. The Morgan fingerprint density at radius 1 is 1.00 bits per heavy atom. The number of anilines is 4. The molecular formula is C17H21F2N5. The highest BCUT2D eigenvalue weighted by Gasteiger charge is 2.16. The second-order valence-corrected chi connectivity index (χ2v) is 6.07. The van der Waals surface area contributed by atoms with Crippen molar-refractivity contribution >= 4 is 23.0 Å². The first-order chi connectivity index (χ1) is 11.6. The fourth-order valence-electron chi connectivity index (χ4n) is 2.95. The number of nitrogens with two attached hydrogens (primary N) is 1. The highest BCUT2D eigenvalue weighted by molar-refractivity contribution is 5.77. The number of nitrogens with zero attached hydrogens (tertiary/aromatic N) is 2. The van der Waals surface area contributed by atoms with Crippen LogP contribution in [0.25, 0.3) is 0 Å². The van der Waals surface area contributed by atoms with Crippen LogP contribution in [-0.4, -0.2) is 16.0 Å². The summed E-state index contributed by atoms with van der Waals surface area (Å²) in [5, 5.41) is 6.17. The van der Waals surface area contributed by atoms with E-state index in [4.69, 9.17) is 5.73 Å². The normalized spacial score (nSPS) is 15.8. The first-order valence-electron chi connectivity index (χ1n) is 8.22. The summed E-state index contributed by atoms with van der Waals surface area (Å²) in [5.41, 5.74) is 6.56. The van der Waals surface area contributed by atoms with Crippen molar-refractivity contribution in [3.05, 3.63) is 36.2 Å². The van der Waals surface area contributed by atoms with Crippen molar-refractivity contribution in [3.8, 4) is 0 Å². The van der Waals surface area contributed by atoms with Crippen LogP contribution in [0.1, 0.15) is 38.5 Å². The molecule has 0 spiro atoms. The fraction of sp³-hybridized carbons (Fsp3) is 0.412. The molecule has 1 aromatic carbocycles. The van der Waals surface area contributed by atoms with Gasteiger partial charge in [0, 0.05) is 12.1 Å². The van der Waals surface area contributed by atoms with Gasteiger partial charge in [0.25, 0.3) is 0 Å². The Labute approximate surface area is 139 Å². The molecule has 1 aliphatic rings. The number of nitrogens with one attached hydrogen (secondary N) is 2. The second kappa shape index (κ2) is 7.42. The maximum Gasteiger partial charge on any atom is 0.159 e. The maximum absolute atomic E-state index is 13.8. The van der Waals surface area contributed by atoms with Gasteiger partial charge in [-0.15, -0.1) is 0 Å². The maximum atomic E-state index is 13.8. The van der Waals surface area contributed by atoms with E-state index in [9.17, 15) is 8.78 Å². The summed E-state index contributed by atoms with van der Waals surface area (Å²) in [7, 11) is 0. The van der Waals surface area contributed by atoms with Gasteiger partial charge in [-0.1, -0.05) is 25.7 Å². The van der Waals surface area contributed by atoms with Crippen LogP contribution in [0.2, 0.25) is 0 Å². The van der Waals surface area contributed by atoms with E-state index >= 15 is 0 Å². The van der Waals surface area contributed by atoms with Crippen LogP contribution in [0, 0.1) is 11.6 Å². The highest BCUT2D eigenvalue weighted by atomic mass is 19.1. The molecule has 128 valence electrons. The molecule has 1 heterocycles. The lowest BCUT2D eigenvalue weighted by Gasteiger charge is -2.19. The van der Waals surface area contributed by atoms with Crippen molar-refractivity contribution in [2.24, 2.45) is 0 Å². The van der Waals surface area contributed by atoms with Crippen LogP contribution in [0.3, 0.4) is 0 Å². The minimum Gasteiger partial charge on any atom is -0.393 e. The van der Waals surface area contributed by atoms with Crippen LogP contribution in [0.5, 0.6) is 0 Å². The molecule has 0 amide bonds. The Hall–Kier alpha value is -2.44. The standard InChI is InChI=1S/C17H21F2N5/c18-11-7-8-14(13(19)9-11)24-17-15(20)16(21-10-22-17)23-12-5-3-1-2-4-6-12/h7-10,12H,1-6,20H2,(H2,21,22,23,24). The van der Waals surface area contributed by atoms with Crippen molar-refractivity contribution in [1.29, 1.82) is 0 Å². The summed E-state index contributed by atoms with van der Waals surface area (Å²) >= 11 is 0. The van der Waals surface area contributed by atoms with Crippen molar-refractivity contribution < 1.29 is 8.78 Å². The van der Waals surface area contributed by atoms with Crippen LogP contribution < -0.4 is 16.4 Å². The molecule has 4 N–H and O–H groups in total. The molecule has 3 rings (SSSR count). The predicted octanol–water partition coefficient (Wildman–Crippen LogP) is 4.22. The lowest BCUT2D eigenvalue weighted by Crippen LogP contribution is -2.20. The molecular weight excluding hydrogens is 312 g/mol. The van der Waals surface area contributed by atoms with Crippen molar-refractivity contribution in [2.75, 3.05) is 16.4 Å². The van der Waals surface area contributed by atoms with E-state index in [0.29, 0.717) is 23.4 Å². The van der Waals surface area contributed by atoms with Crippen LogP contribution in [-0.2, 0) is 0 Å². The van der Waals surface area contributed by atoms with Crippen molar-refractivity contribution in [1.82, 2.24) is 9.97 Å². The van der Waals surface area contributed by atoms with Crippen molar-refractivity contribution in [2.45, 2.75) is 44.6 Å². The Morgan fingerprint density at radius 3 is 2.42 bits per heavy atom. The summed E-state index contributed by atoms with van der Waals surface area (Å²) in [6, 6.07) is 3.63. The number of hydrogen-bond acceptors (Lipinski definition) is 5. The number of halogens is 2. The van der Waals surface area contributed by atoms with Gasteiger partial charge in [0.2, 0.25) is 0 Å². The fourth-order valence-corrected chi connectivity index (χ4v) is 2.95. The highest BCUT2D eigenvalue weighted by Crippen LogP contribution is 2.29. The number of benzene rings is 1. The third-order valence-electron chi connectivity index (χ3n) is 4.26. The molecule has 0 bridgehead atoms. The first kappa shape index (κ1) is 16.4. The van der Waals surface area contributed by atoms with Gasteiger partial charge in [0.15, 0.2) is 11.6 Å². The monoisotopic (exact) mass is 333 g/mol. The third kappa shape index (κ3) is 3.90. The quantitative estimate of drug-likeness (QED) is 0.731. The molecule has 1 fully saturated rings. The molecule has 0 aliphatic heterocycles. The largest absolute Gasteiger partial charge is 0.393 e. The predicted molar refractivity (Wildman–Crippen MR) is 91.2 cm³/mol. The topological polar surface area (TPSA) is 75.9 Å². The smallest absolute Gasteiger partial charge is 0.159 e. The SMILES string of the molecule is Nc1c(Nc2ccc(F)cc2F)ncnc1NC1CCCCCC1. The average Bonchev–Trinajstić information content (AvgIpc) is 2.82. The molecule has 0 atom stereocenters. The summed E-state index contributed by atoms with van der Waals surface area (Å²) in [4.78, 5) is 8.26. The number of hydrogen-bond donors (Lipinski definition) is 3. The minimum absolute atomic E-state index is 0.113. The molecule has 7 heteroatoms. The summed E-state index contributed by atoms with van der Waals surface area (Å²) < 4.78 is 26.8. The van der Waals surface area contributed by atoms with E-state index in [1.54, 1.807) is 0 Å². The van der Waals surface area contributed by atoms with Gasteiger partial charge in [0.05, 0.1) is 5.69 Å². The molecule has 0 radical (unpaired) electrons. The molecule has 0 unspecified atom stereocenters. The zero-order valence-electron chi connectivity index (χ0n) is 13.4. The molecule has 0 saturated heterocycles. The Kier molecular flexibility index (Phi) is 5.08. The molecule has 1 aliphatic carbocycles. The molecule has 24 heavy (non-hydrogen) atoms. The van der Waals surface area contributed by atoms with E-state index in [2.05, 4.69) is 20.6 Å². The van der Waals surface area contributed by atoms with Gasteiger partial charge in [-0.3, -0.25) is 0 Å². The third-order valence-corrected chi connectivity index (χ3v) is 4.26. The Morgan fingerprint density at radius 2 is 1.71 bits per heavy atom. The molecule has 1 saturated carbocycles. The summed E-state index contributed by atoms with van der Waals surface area (Å²) in [5.74, 6) is -0.496. The summed E-state index contributed by atoms with van der Waals surface area (Å²) in [6.07, 6.45) is 8.43. The lowest BCUT2D eigenvalue weighted by molar-refractivity contribution is 0.586. The second-order valence-electron chi connectivity index (χ2n) is 6.07. The van der Waals surface area contributed by atoms with Crippen LogP contribution >= 0.6 is 0 Å². The van der Waals surface area contributed by atoms with E-state index in [1.807, 2.05) is 0 Å². The number of aromatic nitrogens is 2. The average molecular weight is 333 g/mol. The van der Waals surface area contributed by atoms with E-state index in [0.717, 1.165) is 18.9 Å². The zero-order chi connectivity index (χ0) is 16.9. The van der Waals surface area contributed by atoms with Gasteiger partial charge in [-0.25, -0.2) is 18.7 Å². The van der Waals surface area contributed by atoms with Gasteiger partial charge < -0.3 is 16.4 Å².